The lowest BCUT2D eigenvalue weighted by Gasteiger charge is -1.97. The maximum atomic E-state index is 10.7. The third-order valence-corrected chi connectivity index (χ3v) is 4.31. The molecule has 0 unspecified atom stereocenters. The summed E-state index contributed by atoms with van der Waals surface area (Å²) in [6.45, 7) is 0. The van der Waals surface area contributed by atoms with E-state index in [9.17, 15) is 13.2 Å². The first-order chi connectivity index (χ1) is 9.70. The molecule has 0 amide bonds. The van der Waals surface area contributed by atoms with Crippen LogP contribution in [-0.2, 0) is 10.1 Å². The lowest BCUT2D eigenvalue weighted by molar-refractivity contribution is -0.0510. The number of hydrogen-bond acceptors (Lipinski definition) is 3. The SMILES string of the molecule is O=S(=O)(O)C(F)(F)F.c1ccc2c(c1)sc1ccccc12. The molecule has 0 fully saturated rings. The van der Waals surface area contributed by atoms with Crippen molar-refractivity contribution in [3.8, 4) is 0 Å². The quantitative estimate of drug-likeness (QED) is 0.488. The van der Waals surface area contributed by atoms with Gasteiger partial charge in [-0.05, 0) is 12.1 Å². The van der Waals surface area contributed by atoms with Gasteiger partial charge in [0.05, 0.1) is 0 Å². The highest BCUT2D eigenvalue weighted by molar-refractivity contribution is 7.86. The Labute approximate surface area is 122 Å². The topological polar surface area (TPSA) is 54.4 Å². The summed E-state index contributed by atoms with van der Waals surface area (Å²) in [7, 11) is -5.84. The average molecular weight is 334 g/mol. The molecular weight excluding hydrogens is 325 g/mol. The van der Waals surface area contributed by atoms with Gasteiger partial charge in [-0.3, -0.25) is 4.55 Å². The zero-order valence-corrected chi connectivity index (χ0v) is 12.0. The Hall–Kier alpha value is -1.64. The van der Waals surface area contributed by atoms with Gasteiger partial charge in [0.1, 0.15) is 0 Å². The summed E-state index contributed by atoms with van der Waals surface area (Å²) in [5.74, 6) is 0. The van der Waals surface area contributed by atoms with Gasteiger partial charge in [0.15, 0.2) is 0 Å². The molecule has 3 nitrogen and oxygen atoms in total. The van der Waals surface area contributed by atoms with Gasteiger partial charge in [0.25, 0.3) is 0 Å². The van der Waals surface area contributed by atoms with Crippen molar-refractivity contribution in [2.45, 2.75) is 5.51 Å². The minimum Gasteiger partial charge on any atom is -0.279 e. The van der Waals surface area contributed by atoms with Gasteiger partial charge in [-0.1, -0.05) is 36.4 Å². The molecule has 8 heteroatoms. The second-order valence-electron chi connectivity index (χ2n) is 4.02. The summed E-state index contributed by atoms with van der Waals surface area (Å²) in [5.41, 5.74) is -5.53. The van der Waals surface area contributed by atoms with Gasteiger partial charge in [0, 0.05) is 20.2 Å². The van der Waals surface area contributed by atoms with Crippen molar-refractivity contribution in [3.05, 3.63) is 48.5 Å². The van der Waals surface area contributed by atoms with Gasteiger partial charge in [-0.15, -0.1) is 11.3 Å². The Bertz CT molecular complexity index is 817. The van der Waals surface area contributed by atoms with Crippen molar-refractivity contribution in [2.75, 3.05) is 0 Å². The normalized spacial score (nSPS) is 12.2. The average Bonchev–Trinajstić information content (AvgIpc) is 2.75. The molecule has 21 heavy (non-hydrogen) atoms. The third kappa shape index (κ3) is 3.52. The van der Waals surface area contributed by atoms with Crippen molar-refractivity contribution in [1.82, 2.24) is 0 Å². The molecule has 3 aromatic rings. The second kappa shape index (κ2) is 5.63. The van der Waals surface area contributed by atoms with E-state index >= 15 is 0 Å². The molecule has 1 heterocycles. The molecule has 2 aromatic carbocycles. The molecule has 0 radical (unpaired) electrons. The van der Waals surface area contributed by atoms with Crippen LogP contribution in [0.5, 0.6) is 0 Å². The minimum absolute atomic E-state index is 1.38. The van der Waals surface area contributed by atoms with Crippen molar-refractivity contribution < 1.29 is 26.1 Å². The van der Waals surface area contributed by atoms with Gasteiger partial charge >= 0.3 is 15.6 Å². The third-order valence-electron chi connectivity index (χ3n) is 2.58. The van der Waals surface area contributed by atoms with E-state index in [-0.39, 0.29) is 0 Å². The predicted octanol–water partition coefficient (Wildman–Crippen LogP) is 4.45. The van der Waals surface area contributed by atoms with Crippen LogP contribution < -0.4 is 0 Å². The molecule has 1 aromatic heterocycles. The number of fused-ring (bicyclic) bond motifs is 3. The monoisotopic (exact) mass is 334 g/mol. The summed E-state index contributed by atoms with van der Waals surface area (Å²) < 4.78 is 60.3. The molecule has 1 N–H and O–H groups in total. The summed E-state index contributed by atoms with van der Waals surface area (Å²) >= 11 is 1.86. The number of thiophene rings is 1. The van der Waals surface area contributed by atoms with E-state index < -0.39 is 15.6 Å². The first kappa shape index (κ1) is 15.7. The Morgan fingerprint density at radius 1 is 0.857 bits per heavy atom. The van der Waals surface area contributed by atoms with Crippen molar-refractivity contribution in [2.24, 2.45) is 0 Å². The predicted molar refractivity (Wildman–Crippen MR) is 76.9 cm³/mol. The van der Waals surface area contributed by atoms with E-state index in [0.717, 1.165) is 0 Å². The van der Waals surface area contributed by atoms with Gasteiger partial charge in [0.2, 0.25) is 0 Å². The van der Waals surface area contributed by atoms with Crippen LogP contribution in [0.3, 0.4) is 0 Å². The standard InChI is InChI=1S/C12H8S.CHF3O3S/c1-3-7-11-9(5-1)10-6-2-4-8-12(10)13-11;2-1(3,4)8(5,6)7/h1-8H;(H,5,6,7). The largest absolute Gasteiger partial charge is 0.522 e. The molecular formula is C13H9F3O3S2. The summed E-state index contributed by atoms with van der Waals surface area (Å²) in [6.07, 6.45) is 0. The molecule has 3 rings (SSSR count). The van der Waals surface area contributed by atoms with Crippen LogP contribution in [0.15, 0.2) is 48.5 Å². The van der Waals surface area contributed by atoms with Crippen LogP contribution in [0.1, 0.15) is 0 Å². The van der Waals surface area contributed by atoms with Crippen LogP contribution in [0, 0.1) is 0 Å². The molecule has 0 saturated heterocycles. The van der Waals surface area contributed by atoms with Crippen molar-refractivity contribution in [3.63, 3.8) is 0 Å². The molecule has 0 atom stereocenters. The van der Waals surface area contributed by atoms with Crippen molar-refractivity contribution >= 4 is 41.6 Å². The molecule has 0 aliphatic heterocycles. The number of rotatable bonds is 0. The van der Waals surface area contributed by atoms with Crippen LogP contribution in [0.4, 0.5) is 13.2 Å². The first-order valence-electron chi connectivity index (χ1n) is 5.60. The van der Waals surface area contributed by atoms with Crippen LogP contribution in [0.2, 0.25) is 0 Å². The number of halogens is 3. The van der Waals surface area contributed by atoms with Crippen LogP contribution in [-0.4, -0.2) is 18.5 Å². The number of benzene rings is 2. The van der Waals surface area contributed by atoms with Gasteiger partial charge in [-0.2, -0.15) is 21.6 Å². The Balaban J connectivity index is 0.000000177. The molecule has 0 bridgehead atoms. The van der Waals surface area contributed by atoms with Gasteiger partial charge < -0.3 is 0 Å². The van der Waals surface area contributed by atoms with Crippen molar-refractivity contribution in [1.29, 1.82) is 0 Å². The molecule has 0 saturated carbocycles. The van der Waals surface area contributed by atoms with E-state index in [1.807, 2.05) is 11.3 Å². The Morgan fingerprint density at radius 2 is 1.19 bits per heavy atom. The maximum Gasteiger partial charge on any atom is 0.522 e. The molecule has 0 aliphatic carbocycles. The smallest absolute Gasteiger partial charge is 0.279 e. The highest BCUT2D eigenvalue weighted by Gasteiger charge is 2.44. The molecule has 112 valence electrons. The van der Waals surface area contributed by atoms with E-state index in [1.54, 1.807) is 0 Å². The first-order valence-corrected chi connectivity index (χ1v) is 7.86. The fraction of sp³-hybridized carbons (Fsp3) is 0.0769. The fourth-order valence-electron chi connectivity index (χ4n) is 1.67. The number of hydrogen-bond donors (Lipinski definition) is 1. The molecule has 0 aliphatic rings. The zero-order chi connectivity index (χ0) is 15.7. The summed E-state index contributed by atoms with van der Waals surface area (Å²) in [5, 5.41) is 2.76. The van der Waals surface area contributed by atoms with E-state index in [1.165, 1.54) is 20.2 Å². The second-order valence-corrected chi connectivity index (χ2v) is 6.51. The summed E-state index contributed by atoms with van der Waals surface area (Å²) in [4.78, 5) is 0. The van der Waals surface area contributed by atoms with E-state index in [4.69, 9.17) is 13.0 Å². The van der Waals surface area contributed by atoms with Gasteiger partial charge in [-0.25, -0.2) is 0 Å². The minimum atomic E-state index is -5.84. The van der Waals surface area contributed by atoms with E-state index in [2.05, 4.69) is 48.5 Å². The van der Waals surface area contributed by atoms with Crippen LogP contribution >= 0.6 is 11.3 Å². The number of alkyl halides is 3. The highest BCUT2D eigenvalue weighted by Crippen LogP contribution is 2.32. The fourth-order valence-corrected chi connectivity index (χ4v) is 2.78. The zero-order valence-electron chi connectivity index (χ0n) is 10.3. The maximum absolute atomic E-state index is 10.7. The molecule has 0 spiro atoms. The lowest BCUT2D eigenvalue weighted by Crippen LogP contribution is -2.21. The van der Waals surface area contributed by atoms with E-state index in [0.29, 0.717) is 0 Å². The van der Waals surface area contributed by atoms with Crippen LogP contribution in [0.25, 0.3) is 20.2 Å². The summed E-state index contributed by atoms with van der Waals surface area (Å²) in [6, 6.07) is 17.1. The lowest BCUT2D eigenvalue weighted by atomic mass is 10.2. The Kier molecular flexibility index (Phi) is 4.22. The highest BCUT2D eigenvalue weighted by atomic mass is 32.2. The Morgan fingerprint density at radius 3 is 1.52 bits per heavy atom.